The largest absolute Gasteiger partial charge is 0.379 e. The number of methoxy groups -OCH3 is 1. The highest BCUT2D eigenvalue weighted by atomic mass is 32.2. The van der Waals surface area contributed by atoms with Crippen molar-refractivity contribution in [3.05, 3.63) is 0 Å². The zero-order valence-corrected chi connectivity index (χ0v) is 14.0. The molecule has 0 aliphatic heterocycles. The summed E-state index contributed by atoms with van der Waals surface area (Å²) in [6.45, 7) is 8.93. The van der Waals surface area contributed by atoms with Crippen molar-refractivity contribution in [1.82, 2.24) is 5.32 Å². The van der Waals surface area contributed by atoms with Crippen molar-refractivity contribution in [3.63, 3.8) is 0 Å². The summed E-state index contributed by atoms with van der Waals surface area (Å²) in [5.74, 6) is 0.533. The summed E-state index contributed by atoms with van der Waals surface area (Å²) in [5.41, 5.74) is -0.172. The fraction of sp³-hybridized carbons (Fsp3) is 1.00. The number of hydrogen-bond acceptors (Lipinski definition) is 4. The van der Waals surface area contributed by atoms with Crippen LogP contribution in [0.15, 0.2) is 0 Å². The Labute approximate surface area is 119 Å². The Morgan fingerprint density at radius 2 is 1.89 bits per heavy atom. The molecule has 5 heteroatoms. The van der Waals surface area contributed by atoms with Crippen molar-refractivity contribution in [3.8, 4) is 0 Å². The third-order valence-corrected chi connectivity index (χ3v) is 5.21. The minimum absolute atomic E-state index is 0.172. The zero-order valence-electron chi connectivity index (χ0n) is 13.2. The average Bonchev–Trinajstić information content (AvgIpc) is 2.35. The molecule has 0 aromatic rings. The van der Waals surface area contributed by atoms with Crippen LogP contribution < -0.4 is 5.32 Å². The molecular weight excluding hydrogens is 262 g/mol. The van der Waals surface area contributed by atoms with Gasteiger partial charge in [-0.1, -0.05) is 13.8 Å². The van der Waals surface area contributed by atoms with Crippen LogP contribution in [-0.2, 0) is 14.6 Å². The maximum Gasteiger partial charge on any atom is 0.150 e. The second kappa shape index (κ2) is 8.93. The molecule has 116 valence electrons. The van der Waals surface area contributed by atoms with Gasteiger partial charge < -0.3 is 10.1 Å². The average molecular weight is 293 g/mol. The van der Waals surface area contributed by atoms with Crippen LogP contribution >= 0.6 is 0 Å². The Hall–Kier alpha value is -0.130. The summed E-state index contributed by atoms with van der Waals surface area (Å²) in [7, 11) is -1.12. The molecule has 0 bridgehead atoms. The summed E-state index contributed by atoms with van der Waals surface area (Å²) in [4.78, 5) is 0. The van der Waals surface area contributed by atoms with E-state index in [2.05, 4.69) is 26.1 Å². The first-order valence-corrected chi connectivity index (χ1v) is 9.07. The standard InChI is InChI=1S/C14H31NO3S/c1-6-10-15-13(12-14(3,4)18-5)9-8-11-19(16,17)7-2/h13,15H,6-12H2,1-5H3. The fourth-order valence-electron chi connectivity index (χ4n) is 2.00. The second-order valence-corrected chi connectivity index (χ2v) is 8.17. The van der Waals surface area contributed by atoms with Gasteiger partial charge in [-0.25, -0.2) is 8.42 Å². The number of nitrogens with one attached hydrogen (secondary N) is 1. The lowest BCUT2D eigenvalue weighted by Crippen LogP contribution is -2.38. The number of sulfone groups is 1. The van der Waals surface area contributed by atoms with Crippen molar-refractivity contribution in [2.75, 3.05) is 25.2 Å². The quantitative estimate of drug-likeness (QED) is 0.635. The topological polar surface area (TPSA) is 55.4 Å². The summed E-state index contributed by atoms with van der Waals surface area (Å²) in [6.07, 6.45) is 3.58. The van der Waals surface area contributed by atoms with E-state index < -0.39 is 9.84 Å². The van der Waals surface area contributed by atoms with E-state index >= 15 is 0 Å². The molecule has 0 aliphatic rings. The van der Waals surface area contributed by atoms with E-state index in [0.29, 0.717) is 11.8 Å². The molecular formula is C14H31NO3S. The molecule has 0 fully saturated rings. The highest BCUT2D eigenvalue weighted by molar-refractivity contribution is 7.91. The molecule has 0 amide bonds. The van der Waals surface area contributed by atoms with Gasteiger partial charge >= 0.3 is 0 Å². The van der Waals surface area contributed by atoms with Crippen LogP contribution in [0.5, 0.6) is 0 Å². The monoisotopic (exact) mass is 293 g/mol. The van der Waals surface area contributed by atoms with Gasteiger partial charge in [0.25, 0.3) is 0 Å². The molecule has 0 radical (unpaired) electrons. The Morgan fingerprint density at radius 3 is 2.37 bits per heavy atom. The third-order valence-electron chi connectivity index (χ3n) is 3.42. The predicted molar refractivity (Wildman–Crippen MR) is 81.3 cm³/mol. The van der Waals surface area contributed by atoms with Crippen molar-refractivity contribution in [1.29, 1.82) is 0 Å². The summed E-state index contributed by atoms with van der Waals surface area (Å²) < 4.78 is 28.4. The molecule has 1 atom stereocenters. The molecule has 0 spiro atoms. The van der Waals surface area contributed by atoms with E-state index in [9.17, 15) is 8.42 Å². The Bertz CT molecular complexity index is 326. The summed E-state index contributed by atoms with van der Waals surface area (Å²) >= 11 is 0. The molecule has 0 aliphatic carbocycles. The lowest BCUT2D eigenvalue weighted by molar-refractivity contribution is 0.00637. The maximum atomic E-state index is 11.5. The van der Waals surface area contributed by atoms with E-state index in [0.717, 1.165) is 32.2 Å². The Morgan fingerprint density at radius 1 is 1.26 bits per heavy atom. The second-order valence-electron chi connectivity index (χ2n) is 5.70. The zero-order chi connectivity index (χ0) is 14.9. The van der Waals surface area contributed by atoms with E-state index in [1.807, 2.05) is 0 Å². The van der Waals surface area contributed by atoms with Crippen molar-refractivity contribution in [2.45, 2.75) is 65.0 Å². The van der Waals surface area contributed by atoms with Crippen LogP contribution in [0.3, 0.4) is 0 Å². The van der Waals surface area contributed by atoms with Crippen LogP contribution in [0.1, 0.15) is 53.4 Å². The third kappa shape index (κ3) is 9.41. The molecule has 0 aromatic carbocycles. The van der Waals surface area contributed by atoms with Gasteiger partial charge in [0, 0.05) is 18.9 Å². The van der Waals surface area contributed by atoms with Crippen molar-refractivity contribution >= 4 is 9.84 Å². The smallest absolute Gasteiger partial charge is 0.150 e. The molecule has 0 saturated carbocycles. The lowest BCUT2D eigenvalue weighted by Gasteiger charge is -2.29. The van der Waals surface area contributed by atoms with Gasteiger partial charge in [-0.15, -0.1) is 0 Å². The number of hydrogen-bond donors (Lipinski definition) is 1. The van der Waals surface area contributed by atoms with Crippen LogP contribution in [0.4, 0.5) is 0 Å². The van der Waals surface area contributed by atoms with Gasteiger partial charge in [-0.2, -0.15) is 0 Å². The molecule has 19 heavy (non-hydrogen) atoms. The van der Waals surface area contributed by atoms with Crippen molar-refractivity contribution < 1.29 is 13.2 Å². The number of ether oxygens (including phenoxy) is 1. The molecule has 0 saturated heterocycles. The first kappa shape index (κ1) is 18.9. The molecule has 0 aromatic heterocycles. The predicted octanol–water partition coefficient (Wildman–Crippen LogP) is 2.38. The van der Waals surface area contributed by atoms with E-state index in [1.54, 1.807) is 14.0 Å². The van der Waals surface area contributed by atoms with Gasteiger partial charge in [0.15, 0.2) is 0 Å². The van der Waals surface area contributed by atoms with Crippen LogP contribution in [0.2, 0.25) is 0 Å². The Balaban J connectivity index is 4.28. The summed E-state index contributed by atoms with van der Waals surface area (Å²) in [5, 5.41) is 3.49. The van der Waals surface area contributed by atoms with Gasteiger partial charge in [0.05, 0.1) is 11.4 Å². The Kier molecular flexibility index (Phi) is 8.86. The van der Waals surface area contributed by atoms with Gasteiger partial charge in [0.1, 0.15) is 9.84 Å². The SMILES string of the molecule is CCCNC(CCCS(=O)(=O)CC)CC(C)(C)OC. The van der Waals surface area contributed by atoms with Gasteiger partial charge in [-0.05, 0) is 46.1 Å². The van der Waals surface area contributed by atoms with Crippen LogP contribution in [0, 0.1) is 0 Å². The maximum absolute atomic E-state index is 11.5. The molecule has 4 nitrogen and oxygen atoms in total. The van der Waals surface area contributed by atoms with E-state index in [-0.39, 0.29) is 11.4 Å². The summed E-state index contributed by atoms with van der Waals surface area (Å²) in [6, 6.07) is 0.321. The minimum Gasteiger partial charge on any atom is -0.379 e. The molecule has 1 N–H and O–H groups in total. The lowest BCUT2D eigenvalue weighted by atomic mass is 9.96. The van der Waals surface area contributed by atoms with Crippen molar-refractivity contribution in [2.24, 2.45) is 0 Å². The first-order chi connectivity index (χ1) is 8.76. The van der Waals surface area contributed by atoms with E-state index in [4.69, 9.17) is 4.74 Å². The normalized spacial score (nSPS) is 14.6. The first-order valence-electron chi connectivity index (χ1n) is 7.25. The highest BCUT2D eigenvalue weighted by Gasteiger charge is 2.22. The van der Waals surface area contributed by atoms with Crippen LogP contribution in [0.25, 0.3) is 0 Å². The van der Waals surface area contributed by atoms with Gasteiger partial charge in [0.2, 0.25) is 0 Å². The number of rotatable bonds is 11. The molecule has 0 rings (SSSR count). The highest BCUT2D eigenvalue weighted by Crippen LogP contribution is 2.18. The fourth-order valence-corrected chi connectivity index (χ4v) is 2.89. The van der Waals surface area contributed by atoms with Crippen LogP contribution in [-0.4, -0.2) is 45.2 Å². The molecule has 1 unspecified atom stereocenters. The van der Waals surface area contributed by atoms with Gasteiger partial charge in [-0.3, -0.25) is 0 Å². The van der Waals surface area contributed by atoms with E-state index in [1.165, 1.54) is 0 Å². The molecule has 0 heterocycles. The minimum atomic E-state index is -2.84.